The zero-order valence-corrected chi connectivity index (χ0v) is 26.1. The van der Waals surface area contributed by atoms with Gasteiger partial charge in [0, 0.05) is 28.6 Å². The number of benzene rings is 4. The quantitative estimate of drug-likeness (QED) is 0.0737. The molecule has 0 fully saturated rings. The average molecular weight is 687 g/mol. The summed E-state index contributed by atoms with van der Waals surface area (Å²) < 4.78 is 17.7. The SMILES string of the molecule is O=C(O)CN(CC(=O)O)c1ccccc1OCCOc1ccc(-c2c3ccc(=O)cc-3oc3cc(O)ccc23)cc1N(CC(=O)O)CC(=O)O. The van der Waals surface area contributed by atoms with E-state index in [4.69, 9.17) is 13.9 Å². The van der Waals surface area contributed by atoms with Gasteiger partial charge in [-0.15, -0.1) is 0 Å². The van der Waals surface area contributed by atoms with Gasteiger partial charge in [-0.1, -0.05) is 18.2 Å². The predicted octanol–water partition coefficient (Wildman–Crippen LogP) is 3.68. The van der Waals surface area contributed by atoms with Crippen molar-refractivity contribution in [3.63, 3.8) is 0 Å². The molecule has 0 spiro atoms. The number of fused-ring (bicyclic) bond motifs is 2. The molecule has 0 amide bonds. The Morgan fingerprint density at radius 1 is 0.640 bits per heavy atom. The van der Waals surface area contributed by atoms with Gasteiger partial charge in [-0.25, -0.2) is 0 Å². The Hall–Kier alpha value is -6.77. The molecule has 5 rings (SSSR count). The van der Waals surface area contributed by atoms with E-state index >= 15 is 0 Å². The van der Waals surface area contributed by atoms with E-state index < -0.39 is 50.1 Å². The van der Waals surface area contributed by atoms with E-state index in [9.17, 15) is 49.5 Å². The molecule has 50 heavy (non-hydrogen) atoms. The first kappa shape index (κ1) is 34.6. The third-order valence-electron chi connectivity index (χ3n) is 7.37. The molecule has 3 aromatic rings. The second-order valence-electron chi connectivity index (χ2n) is 10.9. The molecule has 2 aliphatic rings. The number of carboxylic acids is 4. The minimum atomic E-state index is -1.30. The first-order valence-electron chi connectivity index (χ1n) is 15.0. The molecule has 0 saturated heterocycles. The third-order valence-corrected chi connectivity index (χ3v) is 7.37. The Morgan fingerprint density at radius 2 is 1.22 bits per heavy atom. The lowest BCUT2D eigenvalue weighted by Gasteiger charge is -2.25. The second kappa shape index (κ2) is 15.0. The van der Waals surface area contributed by atoms with Crippen LogP contribution in [-0.4, -0.2) is 88.8 Å². The molecule has 0 aromatic heterocycles. The van der Waals surface area contributed by atoms with Crippen LogP contribution >= 0.6 is 0 Å². The number of aliphatic carboxylic acids is 4. The molecule has 1 heterocycles. The van der Waals surface area contributed by atoms with Gasteiger partial charge in [0.25, 0.3) is 0 Å². The topological polar surface area (TPSA) is 225 Å². The van der Waals surface area contributed by atoms with Crippen molar-refractivity contribution in [2.24, 2.45) is 0 Å². The second-order valence-corrected chi connectivity index (χ2v) is 10.9. The van der Waals surface area contributed by atoms with Gasteiger partial charge in [0.05, 0.1) is 11.4 Å². The molecule has 0 radical (unpaired) electrons. The highest BCUT2D eigenvalue weighted by molar-refractivity contribution is 6.03. The summed E-state index contributed by atoms with van der Waals surface area (Å²) in [6.45, 7) is -2.85. The summed E-state index contributed by atoms with van der Waals surface area (Å²) in [6.07, 6.45) is 0. The number of aromatic hydroxyl groups is 1. The molecule has 1 aliphatic carbocycles. The van der Waals surface area contributed by atoms with E-state index in [1.54, 1.807) is 36.4 Å². The average Bonchev–Trinajstić information content (AvgIpc) is 3.04. The van der Waals surface area contributed by atoms with Gasteiger partial charge in [0.1, 0.15) is 68.0 Å². The number of anilines is 2. The van der Waals surface area contributed by atoms with Crippen molar-refractivity contribution in [2.45, 2.75) is 0 Å². The van der Waals surface area contributed by atoms with Crippen LogP contribution in [0.25, 0.3) is 33.4 Å². The number of carbonyl (C=O) groups is 4. The number of nitrogens with zero attached hydrogens (tertiary/aromatic N) is 2. The molecular weight excluding hydrogens is 656 g/mol. The molecule has 3 aromatic carbocycles. The standard InChI is InChI=1S/C35H30N2O13/c38-21-6-8-23-29(14-21)50-30-15-22(39)7-9-24(30)35(23)20-5-10-28(26(13-20)37(18-33(44)45)19-34(46)47)49-12-11-48-27-4-2-1-3-25(27)36(16-31(40)41)17-32(42)43/h1-10,13-15,38H,11-12,16-19H2,(H,40,41)(H,42,43)(H,44,45)(H,46,47). The number of phenolic OH excluding ortho intramolecular Hbond substituents is 1. The molecule has 258 valence electrons. The van der Waals surface area contributed by atoms with Crippen LogP contribution in [0.4, 0.5) is 11.4 Å². The molecule has 5 N–H and O–H groups in total. The van der Waals surface area contributed by atoms with Gasteiger partial charge < -0.3 is 49.2 Å². The van der Waals surface area contributed by atoms with Crippen molar-refractivity contribution in [1.82, 2.24) is 0 Å². The Labute approximate surface area is 282 Å². The van der Waals surface area contributed by atoms with Crippen LogP contribution in [0.2, 0.25) is 0 Å². The van der Waals surface area contributed by atoms with Crippen LogP contribution in [0, 0.1) is 0 Å². The molecule has 0 bridgehead atoms. The highest BCUT2D eigenvalue weighted by Crippen LogP contribution is 2.43. The fourth-order valence-corrected chi connectivity index (χ4v) is 5.46. The first-order chi connectivity index (χ1) is 23.9. The van der Waals surface area contributed by atoms with Crippen molar-refractivity contribution in [1.29, 1.82) is 0 Å². The van der Waals surface area contributed by atoms with E-state index in [0.717, 1.165) is 9.80 Å². The van der Waals surface area contributed by atoms with Crippen LogP contribution in [0.5, 0.6) is 17.2 Å². The maximum absolute atomic E-state index is 12.2. The minimum Gasteiger partial charge on any atom is -0.508 e. The summed E-state index contributed by atoms with van der Waals surface area (Å²) in [5, 5.41) is 48.5. The number of phenols is 1. The van der Waals surface area contributed by atoms with Crippen molar-refractivity contribution in [3.8, 4) is 39.7 Å². The summed E-state index contributed by atoms with van der Waals surface area (Å²) in [7, 11) is 0. The molecule has 0 atom stereocenters. The van der Waals surface area contributed by atoms with Crippen LogP contribution < -0.4 is 24.7 Å². The number of hydrogen-bond donors (Lipinski definition) is 5. The largest absolute Gasteiger partial charge is 0.508 e. The molecule has 15 nitrogen and oxygen atoms in total. The highest BCUT2D eigenvalue weighted by Gasteiger charge is 2.23. The van der Waals surface area contributed by atoms with E-state index in [0.29, 0.717) is 22.1 Å². The zero-order chi connectivity index (χ0) is 35.9. The van der Waals surface area contributed by atoms with Crippen LogP contribution in [0.3, 0.4) is 0 Å². The van der Waals surface area contributed by atoms with E-state index in [1.807, 2.05) is 0 Å². The van der Waals surface area contributed by atoms with Crippen molar-refractivity contribution >= 4 is 46.2 Å². The fourth-order valence-electron chi connectivity index (χ4n) is 5.46. The summed E-state index contributed by atoms with van der Waals surface area (Å²) in [4.78, 5) is 60.9. The number of para-hydroxylation sites is 2. The smallest absolute Gasteiger partial charge is 0.323 e. The summed E-state index contributed by atoms with van der Waals surface area (Å²) in [5.74, 6) is -4.65. The number of rotatable bonds is 16. The van der Waals surface area contributed by atoms with Gasteiger partial charge in [-0.3, -0.25) is 24.0 Å². The van der Waals surface area contributed by atoms with Crippen molar-refractivity contribution in [2.75, 3.05) is 49.2 Å². The summed E-state index contributed by atoms with van der Waals surface area (Å²) in [6, 6.07) is 19.7. The van der Waals surface area contributed by atoms with Crippen LogP contribution in [-0.2, 0) is 19.2 Å². The Morgan fingerprint density at radius 3 is 1.84 bits per heavy atom. The third kappa shape index (κ3) is 8.20. The summed E-state index contributed by atoms with van der Waals surface area (Å²) in [5.41, 5.74) is 1.86. The fraction of sp³-hybridized carbons (Fsp3) is 0.171. The first-order valence-corrected chi connectivity index (χ1v) is 15.0. The van der Waals surface area contributed by atoms with Crippen molar-refractivity contribution < 1.29 is 58.6 Å². The van der Waals surface area contributed by atoms with Crippen LogP contribution in [0.15, 0.2) is 88.1 Å². The predicted molar refractivity (Wildman–Crippen MR) is 179 cm³/mol. The normalized spacial score (nSPS) is 10.9. The van der Waals surface area contributed by atoms with E-state index in [2.05, 4.69) is 0 Å². The van der Waals surface area contributed by atoms with E-state index in [-0.39, 0.29) is 58.6 Å². The van der Waals surface area contributed by atoms with E-state index in [1.165, 1.54) is 42.5 Å². The van der Waals surface area contributed by atoms with Crippen LogP contribution in [0.1, 0.15) is 0 Å². The van der Waals surface area contributed by atoms with Gasteiger partial charge in [-0.2, -0.15) is 0 Å². The minimum absolute atomic E-state index is 0.0790. The lowest BCUT2D eigenvalue weighted by atomic mass is 9.93. The number of ether oxygens (including phenoxy) is 2. The van der Waals surface area contributed by atoms with Gasteiger partial charge >= 0.3 is 23.9 Å². The van der Waals surface area contributed by atoms with Gasteiger partial charge in [-0.05, 0) is 54.1 Å². The zero-order valence-electron chi connectivity index (χ0n) is 26.1. The molecule has 1 aliphatic heterocycles. The lowest BCUT2D eigenvalue weighted by molar-refractivity contribution is -0.138. The van der Waals surface area contributed by atoms with Crippen molar-refractivity contribution in [3.05, 3.63) is 89.1 Å². The van der Waals surface area contributed by atoms with Gasteiger partial charge in [0.2, 0.25) is 0 Å². The highest BCUT2D eigenvalue weighted by atomic mass is 16.5. The molecule has 0 unspecified atom stereocenters. The lowest BCUT2D eigenvalue weighted by Crippen LogP contribution is -2.35. The Bertz CT molecular complexity index is 2080. The Kier molecular flexibility index (Phi) is 10.4. The molecule has 15 heteroatoms. The number of carboxylic acid groups (broad SMARTS) is 4. The monoisotopic (exact) mass is 686 g/mol. The molecule has 0 saturated carbocycles. The number of hydrogen-bond acceptors (Lipinski definition) is 11. The molecular formula is C35H30N2O13. The maximum Gasteiger partial charge on any atom is 0.323 e. The maximum atomic E-state index is 12.2. The summed E-state index contributed by atoms with van der Waals surface area (Å²) >= 11 is 0. The van der Waals surface area contributed by atoms with Gasteiger partial charge in [0.15, 0.2) is 5.43 Å². The Balaban J connectivity index is 1.51.